The minimum Gasteiger partial charge on any atom is -0.408 e. The third-order valence-corrected chi connectivity index (χ3v) is 0.931. The van der Waals surface area contributed by atoms with Gasteiger partial charge < -0.3 is 4.68 Å². The van der Waals surface area contributed by atoms with Gasteiger partial charge in [-0.3, -0.25) is 0 Å². The van der Waals surface area contributed by atoms with E-state index in [-0.39, 0.29) is 0 Å². The van der Waals surface area contributed by atoms with Gasteiger partial charge in [-0.1, -0.05) is 6.07 Å². The van der Waals surface area contributed by atoms with Gasteiger partial charge in [0.15, 0.2) is 0 Å². The van der Waals surface area contributed by atoms with Crippen LogP contribution in [-0.4, -0.2) is 9.78 Å². The Morgan fingerprint density at radius 3 is 2.30 bits per heavy atom. The molecule has 0 bridgehead atoms. The molecular weight excluding hydrogens is 145 g/mol. The average Bonchev–Trinajstić information content (AvgIpc) is 2.11. The van der Waals surface area contributed by atoms with Crippen LogP contribution in [0.15, 0.2) is 12.3 Å². The predicted molar refractivity (Wildman–Crippen MR) is 28.0 cm³/mol. The van der Waals surface area contributed by atoms with Crippen molar-refractivity contribution in [2.75, 3.05) is 0 Å². The summed E-state index contributed by atoms with van der Waals surface area (Å²) >= 11 is 0. The molecule has 1 aromatic rings. The fourth-order valence-corrected chi connectivity index (χ4v) is 0.513. The zero-order valence-corrected chi connectivity index (χ0v) is 4.89. The first-order chi connectivity index (χ1) is 4.50. The van der Waals surface area contributed by atoms with Gasteiger partial charge in [0.2, 0.25) is 0 Å². The molecule has 1 rings (SSSR count). The van der Waals surface area contributed by atoms with Crippen LogP contribution < -0.4 is 0 Å². The molecule has 1 aromatic heterocycles. The summed E-state index contributed by atoms with van der Waals surface area (Å²) in [7, 11) is 3.16. The molecule has 0 aliphatic rings. The number of aromatic nitrogens is 2. The highest BCUT2D eigenvalue weighted by atomic mass is 19.4. The second-order valence-corrected chi connectivity index (χ2v) is 1.74. The Morgan fingerprint density at radius 1 is 1.50 bits per heavy atom. The van der Waals surface area contributed by atoms with Gasteiger partial charge in [-0.15, -0.1) is 6.20 Å². The van der Waals surface area contributed by atoms with E-state index in [0.29, 0.717) is 0 Å². The fourth-order valence-electron chi connectivity index (χ4n) is 0.513. The molecule has 0 unspecified atom stereocenters. The Bertz CT molecular complexity index is 225. The summed E-state index contributed by atoms with van der Waals surface area (Å²) in [5.74, 6) is 0. The van der Waals surface area contributed by atoms with E-state index >= 15 is 0 Å². The molecule has 0 amide bonds. The van der Waals surface area contributed by atoms with E-state index in [0.717, 1.165) is 16.9 Å². The first kappa shape index (κ1) is 6.98. The number of rotatable bonds is 0. The summed E-state index contributed by atoms with van der Waals surface area (Å²) in [6.45, 7) is 0. The van der Waals surface area contributed by atoms with Gasteiger partial charge in [0.1, 0.15) is 5.69 Å². The van der Waals surface area contributed by atoms with Crippen molar-refractivity contribution in [1.82, 2.24) is 9.78 Å². The van der Waals surface area contributed by atoms with Crippen LogP contribution in [0.5, 0.6) is 0 Å². The molecule has 0 saturated carbocycles. The van der Waals surface area contributed by atoms with Crippen molar-refractivity contribution in [3.63, 3.8) is 0 Å². The second-order valence-electron chi connectivity index (χ2n) is 1.74. The molecule has 1 heterocycles. The molecule has 0 saturated heterocycles. The second kappa shape index (κ2) is 1.93. The topological polar surface area (TPSA) is 17.8 Å². The van der Waals surface area contributed by atoms with E-state index < -0.39 is 11.9 Å². The van der Waals surface area contributed by atoms with Gasteiger partial charge in [0.25, 0.3) is 0 Å². The Hall–Kier alpha value is -1.13. The standard InChI is InChI=1S/C5H4F3N2/c1-10-3-2-4(9-10)5(6,7)8/h2-3H,1H2/q-1. The Morgan fingerprint density at radius 2 is 2.10 bits per heavy atom. The third kappa shape index (κ3) is 1.23. The zero-order chi connectivity index (χ0) is 7.78. The number of hydrogen-bond donors (Lipinski definition) is 0. The summed E-state index contributed by atoms with van der Waals surface area (Å²) in [4.78, 5) is 0. The molecule has 56 valence electrons. The molecule has 0 fully saturated rings. The zero-order valence-electron chi connectivity index (χ0n) is 4.89. The average molecular weight is 149 g/mol. The van der Waals surface area contributed by atoms with Crippen molar-refractivity contribution < 1.29 is 13.2 Å². The highest BCUT2D eigenvalue weighted by Gasteiger charge is 2.31. The smallest absolute Gasteiger partial charge is 0.408 e. The maximum absolute atomic E-state index is 11.7. The third-order valence-electron chi connectivity index (χ3n) is 0.931. The van der Waals surface area contributed by atoms with Crippen molar-refractivity contribution in [2.45, 2.75) is 6.18 Å². The predicted octanol–water partition coefficient (Wildman–Crippen LogP) is 1.54. The molecule has 10 heavy (non-hydrogen) atoms. The Kier molecular flexibility index (Phi) is 1.35. The maximum atomic E-state index is 11.7. The molecule has 0 N–H and O–H groups in total. The van der Waals surface area contributed by atoms with Crippen LogP contribution in [0.2, 0.25) is 0 Å². The van der Waals surface area contributed by atoms with E-state index in [2.05, 4.69) is 12.1 Å². The highest BCUT2D eigenvalue weighted by molar-refractivity contribution is 5.03. The van der Waals surface area contributed by atoms with Crippen molar-refractivity contribution in [2.24, 2.45) is 0 Å². The minimum absolute atomic E-state index is 0.864. The number of halogens is 3. The molecule has 0 aliphatic carbocycles. The number of hydrogen-bond acceptors (Lipinski definition) is 1. The van der Waals surface area contributed by atoms with Crippen molar-refractivity contribution in [3.8, 4) is 0 Å². The SMILES string of the molecule is [CH2-]n1ccc(C(F)(F)F)n1. The fraction of sp³-hybridized carbons (Fsp3) is 0.200. The highest BCUT2D eigenvalue weighted by Crippen LogP contribution is 2.26. The van der Waals surface area contributed by atoms with E-state index in [1.165, 1.54) is 0 Å². The summed E-state index contributed by atoms with van der Waals surface area (Å²) in [5.41, 5.74) is -0.914. The Balaban J connectivity index is 2.96. The normalized spacial score (nSPS) is 11.9. The lowest BCUT2D eigenvalue weighted by Crippen LogP contribution is -2.06. The molecule has 0 aromatic carbocycles. The lowest BCUT2D eigenvalue weighted by Gasteiger charge is -2.01. The van der Waals surface area contributed by atoms with Gasteiger partial charge >= 0.3 is 6.18 Å². The van der Waals surface area contributed by atoms with E-state index in [4.69, 9.17) is 0 Å². The van der Waals surface area contributed by atoms with Crippen LogP contribution in [0.1, 0.15) is 5.69 Å². The van der Waals surface area contributed by atoms with Crippen LogP contribution in [0.3, 0.4) is 0 Å². The number of nitrogens with zero attached hydrogens (tertiary/aromatic N) is 2. The molecule has 0 radical (unpaired) electrons. The van der Waals surface area contributed by atoms with E-state index in [1.54, 1.807) is 0 Å². The van der Waals surface area contributed by atoms with Crippen LogP contribution in [0.4, 0.5) is 13.2 Å². The van der Waals surface area contributed by atoms with Crippen LogP contribution >= 0.6 is 0 Å². The molecular formula is C5H4F3N2-. The van der Waals surface area contributed by atoms with Crippen molar-refractivity contribution in [3.05, 3.63) is 25.0 Å². The van der Waals surface area contributed by atoms with E-state index in [9.17, 15) is 13.2 Å². The van der Waals surface area contributed by atoms with Crippen LogP contribution in [0.25, 0.3) is 0 Å². The van der Waals surface area contributed by atoms with E-state index in [1.807, 2.05) is 0 Å². The van der Waals surface area contributed by atoms with Crippen LogP contribution in [0, 0.1) is 7.05 Å². The molecule has 0 aliphatic heterocycles. The lowest BCUT2D eigenvalue weighted by atomic mass is 10.4. The molecule has 0 atom stereocenters. The van der Waals surface area contributed by atoms with Gasteiger partial charge in [-0.2, -0.15) is 20.2 Å². The molecule has 2 nitrogen and oxygen atoms in total. The van der Waals surface area contributed by atoms with Gasteiger partial charge in [-0.25, -0.2) is 5.10 Å². The summed E-state index contributed by atoms with van der Waals surface area (Å²) in [5, 5.41) is 3.06. The quantitative estimate of drug-likeness (QED) is 0.511. The Labute approximate surface area is 55.3 Å². The summed E-state index contributed by atoms with van der Waals surface area (Å²) < 4.78 is 36.0. The van der Waals surface area contributed by atoms with Gasteiger partial charge in [-0.05, 0) is 0 Å². The summed E-state index contributed by atoms with van der Waals surface area (Å²) in [6.07, 6.45) is -3.22. The minimum atomic E-state index is -4.36. The van der Waals surface area contributed by atoms with Crippen LogP contribution in [-0.2, 0) is 6.18 Å². The first-order valence-corrected chi connectivity index (χ1v) is 2.44. The van der Waals surface area contributed by atoms with Crippen molar-refractivity contribution in [1.29, 1.82) is 0 Å². The van der Waals surface area contributed by atoms with Gasteiger partial charge in [0, 0.05) is 0 Å². The lowest BCUT2D eigenvalue weighted by molar-refractivity contribution is -0.141. The first-order valence-electron chi connectivity index (χ1n) is 2.44. The maximum Gasteiger partial charge on any atom is 0.433 e. The number of alkyl halides is 3. The largest absolute Gasteiger partial charge is 0.433 e. The summed E-state index contributed by atoms with van der Waals surface area (Å²) in [6, 6.07) is 0.868. The van der Waals surface area contributed by atoms with Crippen molar-refractivity contribution >= 4 is 0 Å². The molecule has 5 heteroatoms. The van der Waals surface area contributed by atoms with Gasteiger partial charge in [0.05, 0.1) is 0 Å². The molecule has 0 spiro atoms. The monoisotopic (exact) mass is 149 g/mol.